The second kappa shape index (κ2) is 10.7. The number of hydrogen-bond donors (Lipinski definition) is 1. The van der Waals surface area contributed by atoms with E-state index in [0.717, 1.165) is 36.3 Å². The highest BCUT2D eigenvalue weighted by Gasteiger charge is 2.45. The quantitative estimate of drug-likeness (QED) is 0.350. The number of amides is 1. The van der Waals surface area contributed by atoms with Crippen molar-refractivity contribution in [2.45, 2.75) is 39.7 Å². The van der Waals surface area contributed by atoms with Crippen molar-refractivity contribution in [3.63, 3.8) is 0 Å². The number of ketones is 1. The average Bonchev–Trinajstić information content (AvgIpc) is 3.05. The van der Waals surface area contributed by atoms with Crippen molar-refractivity contribution in [3.05, 3.63) is 70.3 Å². The van der Waals surface area contributed by atoms with E-state index in [0.29, 0.717) is 18.7 Å². The molecule has 1 heterocycles. The summed E-state index contributed by atoms with van der Waals surface area (Å²) in [7, 11) is 3.95. The predicted molar refractivity (Wildman–Crippen MR) is 130 cm³/mol. The van der Waals surface area contributed by atoms with Crippen LogP contribution in [0.3, 0.4) is 0 Å². The highest BCUT2D eigenvalue weighted by molar-refractivity contribution is 6.46. The van der Waals surface area contributed by atoms with Crippen LogP contribution in [-0.2, 0) is 16.0 Å². The van der Waals surface area contributed by atoms with E-state index in [-0.39, 0.29) is 11.3 Å². The molecule has 0 bridgehead atoms. The number of benzene rings is 2. The molecule has 2 aromatic rings. The number of aliphatic hydroxyl groups excluding tert-OH is 1. The van der Waals surface area contributed by atoms with E-state index in [2.05, 4.69) is 6.92 Å². The number of ether oxygens (including phenoxy) is 1. The molecule has 0 aromatic heterocycles. The predicted octanol–water partition coefficient (Wildman–Crippen LogP) is 4.33. The molecule has 0 saturated carbocycles. The van der Waals surface area contributed by atoms with Crippen LogP contribution in [0.5, 0.6) is 5.75 Å². The Kier molecular flexibility index (Phi) is 7.92. The van der Waals surface area contributed by atoms with Crippen LogP contribution in [0.2, 0.25) is 0 Å². The van der Waals surface area contributed by atoms with Gasteiger partial charge in [0.15, 0.2) is 0 Å². The molecule has 3 rings (SSSR count). The fourth-order valence-corrected chi connectivity index (χ4v) is 4.22. The van der Waals surface area contributed by atoms with E-state index in [1.54, 1.807) is 23.1 Å². The fraction of sp³-hybridized carbons (Fsp3) is 0.407. The summed E-state index contributed by atoms with van der Waals surface area (Å²) in [5.74, 6) is -0.639. The van der Waals surface area contributed by atoms with Gasteiger partial charge in [-0.15, -0.1) is 0 Å². The van der Waals surface area contributed by atoms with Gasteiger partial charge < -0.3 is 19.6 Å². The van der Waals surface area contributed by atoms with Crippen LogP contribution in [0, 0.1) is 6.92 Å². The monoisotopic (exact) mass is 450 g/mol. The van der Waals surface area contributed by atoms with E-state index < -0.39 is 17.7 Å². The summed E-state index contributed by atoms with van der Waals surface area (Å²) in [5, 5.41) is 11.2. The lowest BCUT2D eigenvalue weighted by Crippen LogP contribution is -2.32. The maximum absolute atomic E-state index is 13.1. The number of carbonyl (C=O) groups excluding carboxylic acids is 2. The van der Waals surface area contributed by atoms with Gasteiger partial charge in [-0.05, 0) is 82.2 Å². The number of Topliss-reactive ketones (excluding diaryl/α,β-unsaturated/α-hetero) is 1. The van der Waals surface area contributed by atoms with Crippen LogP contribution in [0.15, 0.2) is 48.0 Å². The minimum Gasteiger partial charge on any atom is -0.507 e. The van der Waals surface area contributed by atoms with Crippen LogP contribution in [0.1, 0.15) is 48.6 Å². The molecule has 1 aliphatic heterocycles. The topological polar surface area (TPSA) is 70.1 Å². The molecule has 0 radical (unpaired) electrons. The minimum absolute atomic E-state index is 0.137. The van der Waals surface area contributed by atoms with Gasteiger partial charge in [-0.2, -0.15) is 0 Å². The van der Waals surface area contributed by atoms with Crippen molar-refractivity contribution in [1.29, 1.82) is 0 Å². The fourth-order valence-electron chi connectivity index (χ4n) is 4.22. The normalized spacial score (nSPS) is 17.8. The van der Waals surface area contributed by atoms with Crippen LogP contribution in [-0.4, -0.2) is 60.4 Å². The molecule has 1 aliphatic rings. The van der Waals surface area contributed by atoms with Gasteiger partial charge in [0.2, 0.25) is 0 Å². The van der Waals surface area contributed by atoms with Crippen LogP contribution in [0.25, 0.3) is 5.76 Å². The molecule has 0 aliphatic carbocycles. The first-order valence-corrected chi connectivity index (χ1v) is 11.5. The molecule has 6 nitrogen and oxygen atoms in total. The molecule has 1 unspecified atom stereocenters. The van der Waals surface area contributed by atoms with Crippen LogP contribution in [0.4, 0.5) is 0 Å². The first kappa shape index (κ1) is 24.5. The summed E-state index contributed by atoms with van der Waals surface area (Å²) in [5.41, 5.74) is 3.48. The standard InChI is InChI=1S/C27H34N2O4/c1-6-19-9-11-20(12-10-19)24-23(26(31)27(32)29(24)16-8-15-28(4)5)25(30)21-13-14-22(33-7-2)18(3)17-21/h9-14,17,24,30H,6-8,15-16H2,1-5H3/b25-23-. The van der Waals surface area contributed by atoms with Gasteiger partial charge in [0.05, 0.1) is 18.2 Å². The van der Waals surface area contributed by atoms with Crippen molar-refractivity contribution >= 4 is 17.4 Å². The molecule has 1 N–H and O–H groups in total. The summed E-state index contributed by atoms with van der Waals surface area (Å²) >= 11 is 0. The lowest BCUT2D eigenvalue weighted by atomic mass is 9.94. The highest BCUT2D eigenvalue weighted by Crippen LogP contribution is 2.40. The molecule has 2 aromatic carbocycles. The van der Waals surface area contributed by atoms with Gasteiger partial charge in [-0.25, -0.2) is 0 Å². The van der Waals surface area contributed by atoms with Gasteiger partial charge >= 0.3 is 0 Å². The summed E-state index contributed by atoms with van der Waals surface area (Å²) in [6.07, 6.45) is 1.63. The van der Waals surface area contributed by atoms with E-state index in [9.17, 15) is 14.7 Å². The summed E-state index contributed by atoms with van der Waals surface area (Å²) < 4.78 is 5.60. The van der Waals surface area contributed by atoms with Gasteiger partial charge in [-0.1, -0.05) is 31.2 Å². The number of nitrogens with zero attached hydrogens (tertiary/aromatic N) is 2. The second-order valence-electron chi connectivity index (χ2n) is 8.66. The molecule has 6 heteroatoms. The third-order valence-corrected chi connectivity index (χ3v) is 6.00. The van der Waals surface area contributed by atoms with Gasteiger partial charge in [0.25, 0.3) is 11.7 Å². The molecule has 1 fully saturated rings. The maximum Gasteiger partial charge on any atom is 0.295 e. The number of aryl methyl sites for hydroxylation is 2. The Morgan fingerprint density at radius 3 is 2.36 bits per heavy atom. The van der Waals surface area contributed by atoms with Gasteiger partial charge in [-0.3, -0.25) is 9.59 Å². The molecule has 1 atom stereocenters. The molecule has 1 saturated heterocycles. The largest absolute Gasteiger partial charge is 0.507 e. The minimum atomic E-state index is -0.645. The summed E-state index contributed by atoms with van der Waals surface area (Å²) in [4.78, 5) is 29.8. The van der Waals surface area contributed by atoms with Crippen molar-refractivity contribution in [1.82, 2.24) is 9.80 Å². The lowest BCUT2D eigenvalue weighted by Gasteiger charge is -2.26. The molecular formula is C27H34N2O4. The SMILES string of the molecule is CCOc1ccc(/C(O)=C2/C(=O)C(=O)N(CCCN(C)C)C2c2ccc(CC)cc2)cc1C. The first-order valence-electron chi connectivity index (χ1n) is 11.5. The number of rotatable bonds is 9. The molecule has 33 heavy (non-hydrogen) atoms. The molecule has 0 spiro atoms. The van der Waals surface area contributed by atoms with E-state index in [1.807, 2.05) is 57.1 Å². The Hall–Kier alpha value is -3.12. The first-order chi connectivity index (χ1) is 15.8. The average molecular weight is 451 g/mol. The third-order valence-electron chi connectivity index (χ3n) is 6.00. The molecule has 176 valence electrons. The van der Waals surface area contributed by atoms with Crippen LogP contribution >= 0.6 is 0 Å². The van der Waals surface area contributed by atoms with Gasteiger partial charge in [0.1, 0.15) is 11.5 Å². The number of carbonyl (C=O) groups is 2. The Morgan fingerprint density at radius 2 is 1.79 bits per heavy atom. The zero-order valence-electron chi connectivity index (χ0n) is 20.2. The van der Waals surface area contributed by atoms with E-state index in [4.69, 9.17) is 4.74 Å². The van der Waals surface area contributed by atoms with Crippen molar-refractivity contribution < 1.29 is 19.4 Å². The van der Waals surface area contributed by atoms with Gasteiger partial charge in [0, 0.05) is 12.1 Å². The maximum atomic E-state index is 13.1. The summed E-state index contributed by atoms with van der Waals surface area (Å²) in [6, 6.07) is 12.6. The number of hydrogen-bond acceptors (Lipinski definition) is 5. The van der Waals surface area contributed by atoms with Crippen LogP contribution < -0.4 is 4.74 Å². The Morgan fingerprint density at radius 1 is 1.09 bits per heavy atom. The third kappa shape index (κ3) is 5.28. The molecular weight excluding hydrogens is 416 g/mol. The van der Waals surface area contributed by atoms with Crippen molar-refractivity contribution in [3.8, 4) is 5.75 Å². The highest BCUT2D eigenvalue weighted by atomic mass is 16.5. The zero-order valence-corrected chi connectivity index (χ0v) is 20.2. The van der Waals surface area contributed by atoms with Crippen molar-refractivity contribution in [2.75, 3.05) is 33.8 Å². The lowest BCUT2D eigenvalue weighted by molar-refractivity contribution is -0.139. The second-order valence-corrected chi connectivity index (χ2v) is 8.66. The number of likely N-dealkylation sites (tertiary alicyclic amines) is 1. The van der Waals surface area contributed by atoms with E-state index >= 15 is 0 Å². The summed E-state index contributed by atoms with van der Waals surface area (Å²) in [6.45, 7) is 7.65. The Bertz CT molecular complexity index is 1040. The van der Waals surface area contributed by atoms with Crippen molar-refractivity contribution in [2.24, 2.45) is 0 Å². The Balaban J connectivity index is 2.08. The smallest absolute Gasteiger partial charge is 0.295 e. The Labute approximate surface area is 196 Å². The zero-order chi connectivity index (χ0) is 24.1. The number of aliphatic hydroxyl groups is 1. The van der Waals surface area contributed by atoms with E-state index in [1.165, 1.54) is 5.56 Å². The molecule has 1 amide bonds.